The molecule has 17 heavy (non-hydrogen) atoms. The van der Waals surface area contributed by atoms with Crippen LogP contribution in [-0.4, -0.2) is 19.6 Å². The summed E-state index contributed by atoms with van der Waals surface area (Å²) in [4.78, 5) is 10.6. The van der Waals surface area contributed by atoms with Crippen LogP contribution in [0.5, 0.6) is 11.5 Å². The predicted octanol–water partition coefficient (Wildman–Crippen LogP) is 1.09. The highest BCUT2D eigenvalue weighted by Gasteiger charge is 2.12. The van der Waals surface area contributed by atoms with Gasteiger partial charge in [0.15, 0.2) is 18.1 Å². The van der Waals surface area contributed by atoms with Gasteiger partial charge in [0.1, 0.15) is 0 Å². The zero-order chi connectivity index (χ0) is 12.1. The fraction of sp³-hybridized carbons (Fsp3) is 0.300. The van der Waals surface area contributed by atoms with Gasteiger partial charge in [-0.25, -0.2) is 0 Å². The Morgan fingerprint density at radius 2 is 2.12 bits per heavy atom. The van der Waals surface area contributed by atoms with Crippen LogP contribution in [0.1, 0.15) is 5.56 Å². The van der Waals surface area contributed by atoms with Crippen molar-refractivity contribution in [2.45, 2.75) is 6.54 Å². The van der Waals surface area contributed by atoms with Crippen molar-refractivity contribution < 1.29 is 14.3 Å². The summed E-state index contributed by atoms with van der Waals surface area (Å²) in [5.74, 6) is 0.135. The average molecular weight is 281 g/mol. The van der Waals surface area contributed by atoms with Gasteiger partial charge in [-0.15, -0.1) is 12.4 Å². The molecular formula is C10H14Cl2N2O3. The zero-order valence-electron chi connectivity index (χ0n) is 9.23. The molecule has 7 heteroatoms. The molecule has 1 aromatic carbocycles. The minimum atomic E-state index is -0.582. The van der Waals surface area contributed by atoms with Crippen molar-refractivity contribution in [3.05, 3.63) is 22.7 Å². The van der Waals surface area contributed by atoms with Gasteiger partial charge in [-0.05, 0) is 17.7 Å². The van der Waals surface area contributed by atoms with Crippen molar-refractivity contribution in [3.8, 4) is 11.5 Å². The van der Waals surface area contributed by atoms with Gasteiger partial charge in [0.2, 0.25) is 0 Å². The summed E-state index contributed by atoms with van der Waals surface area (Å²) in [5, 5.41) is 0.334. The number of amides is 1. The van der Waals surface area contributed by atoms with Crippen LogP contribution in [0.2, 0.25) is 5.02 Å². The van der Waals surface area contributed by atoms with Gasteiger partial charge in [0.25, 0.3) is 5.91 Å². The number of methoxy groups -OCH3 is 1. The standard InChI is InChI=1S/C10H13ClN2O3.ClH/c1-15-8-3-6(4-12)2-7(11)10(8)16-5-9(13)14;/h2-3H,4-5,12H2,1H3,(H2,13,14);1H. The Morgan fingerprint density at radius 1 is 1.47 bits per heavy atom. The van der Waals surface area contributed by atoms with Gasteiger partial charge in [0.05, 0.1) is 12.1 Å². The molecule has 0 atom stereocenters. The van der Waals surface area contributed by atoms with Crippen molar-refractivity contribution >= 4 is 29.9 Å². The topological polar surface area (TPSA) is 87.6 Å². The smallest absolute Gasteiger partial charge is 0.255 e. The van der Waals surface area contributed by atoms with Crippen LogP contribution in [0.4, 0.5) is 0 Å². The van der Waals surface area contributed by atoms with E-state index >= 15 is 0 Å². The first-order valence-electron chi connectivity index (χ1n) is 4.56. The van der Waals surface area contributed by atoms with Crippen LogP contribution in [-0.2, 0) is 11.3 Å². The van der Waals surface area contributed by atoms with E-state index in [0.29, 0.717) is 23.1 Å². The van der Waals surface area contributed by atoms with Crippen LogP contribution in [0.25, 0.3) is 0 Å². The molecule has 0 radical (unpaired) electrons. The molecule has 1 rings (SSSR count). The minimum Gasteiger partial charge on any atom is -0.493 e. The number of carbonyl (C=O) groups is 1. The van der Waals surface area contributed by atoms with E-state index in [2.05, 4.69) is 0 Å². The third kappa shape index (κ3) is 4.30. The Bertz CT molecular complexity index is 399. The maximum absolute atomic E-state index is 10.6. The van der Waals surface area contributed by atoms with Gasteiger partial charge in [0, 0.05) is 6.54 Å². The first kappa shape index (κ1) is 15.8. The highest BCUT2D eigenvalue weighted by molar-refractivity contribution is 6.32. The van der Waals surface area contributed by atoms with E-state index in [1.54, 1.807) is 12.1 Å². The number of halogens is 2. The molecule has 0 aromatic heterocycles. The van der Waals surface area contributed by atoms with Crippen LogP contribution in [0.15, 0.2) is 12.1 Å². The Labute approximate surface area is 110 Å². The van der Waals surface area contributed by atoms with E-state index in [1.165, 1.54) is 7.11 Å². The zero-order valence-corrected chi connectivity index (χ0v) is 10.8. The van der Waals surface area contributed by atoms with Crippen LogP contribution >= 0.6 is 24.0 Å². The molecule has 0 saturated carbocycles. The second-order valence-electron chi connectivity index (χ2n) is 3.07. The van der Waals surface area contributed by atoms with Gasteiger partial charge in [-0.2, -0.15) is 0 Å². The molecule has 0 saturated heterocycles. The highest BCUT2D eigenvalue weighted by Crippen LogP contribution is 2.36. The monoisotopic (exact) mass is 280 g/mol. The van der Waals surface area contributed by atoms with Crippen molar-refractivity contribution in [2.24, 2.45) is 11.5 Å². The highest BCUT2D eigenvalue weighted by atomic mass is 35.5. The van der Waals surface area contributed by atoms with Gasteiger partial charge >= 0.3 is 0 Å². The summed E-state index contributed by atoms with van der Waals surface area (Å²) in [5.41, 5.74) is 11.3. The fourth-order valence-electron chi connectivity index (χ4n) is 1.17. The van der Waals surface area contributed by atoms with Gasteiger partial charge in [-0.3, -0.25) is 4.79 Å². The SMILES string of the molecule is COc1cc(CN)cc(Cl)c1OCC(N)=O.Cl. The first-order chi connectivity index (χ1) is 7.58. The third-order valence-corrected chi connectivity index (χ3v) is 2.16. The molecule has 4 N–H and O–H groups in total. The van der Waals surface area contributed by atoms with Gasteiger partial charge < -0.3 is 20.9 Å². The average Bonchev–Trinajstić information content (AvgIpc) is 2.26. The van der Waals surface area contributed by atoms with Crippen molar-refractivity contribution in [3.63, 3.8) is 0 Å². The van der Waals surface area contributed by atoms with Crippen molar-refractivity contribution in [1.29, 1.82) is 0 Å². The van der Waals surface area contributed by atoms with E-state index in [1.807, 2.05) is 0 Å². The van der Waals surface area contributed by atoms with Crippen LogP contribution in [0, 0.1) is 0 Å². The lowest BCUT2D eigenvalue weighted by atomic mass is 10.2. The second-order valence-corrected chi connectivity index (χ2v) is 3.48. The van der Waals surface area contributed by atoms with Crippen LogP contribution in [0.3, 0.4) is 0 Å². The Hall–Kier alpha value is -1.17. The van der Waals surface area contributed by atoms with Crippen molar-refractivity contribution in [2.75, 3.05) is 13.7 Å². The first-order valence-corrected chi connectivity index (χ1v) is 4.93. The molecule has 0 spiro atoms. The predicted molar refractivity (Wildman–Crippen MR) is 67.8 cm³/mol. The van der Waals surface area contributed by atoms with E-state index in [9.17, 15) is 4.79 Å². The molecule has 0 heterocycles. The molecule has 0 unspecified atom stereocenters. The number of primary amides is 1. The van der Waals surface area contributed by atoms with Crippen LogP contribution < -0.4 is 20.9 Å². The van der Waals surface area contributed by atoms with E-state index < -0.39 is 5.91 Å². The van der Waals surface area contributed by atoms with Gasteiger partial charge in [-0.1, -0.05) is 11.6 Å². The lowest BCUT2D eigenvalue weighted by Crippen LogP contribution is -2.20. The molecule has 0 bridgehead atoms. The lowest BCUT2D eigenvalue weighted by molar-refractivity contribution is -0.119. The van der Waals surface area contributed by atoms with E-state index in [0.717, 1.165) is 5.56 Å². The molecule has 96 valence electrons. The number of carbonyl (C=O) groups excluding carboxylic acids is 1. The molecule has 0 aliphatic carbocycles. The molecular weight excluding hydrogens is 267 g/mol. The number of rotatable bonds is 5. The number of hydrogen-bond acceptors (Lipinski definition) is 4. The summed E-state index contributed by atoms with van der Waals surface area (Å²) in [6, 6.07) is 3.35. The number of ether oxygens (including phenoxy) is 2. The quantitative estimate of drug-likeness (QED) is 0.845. The Balaban J connectivity index is 0.00000256. The molecule has 0 aliphatic rings. The number of benzene rings is 1. The molecule has 5 nitrogen and oxygen atoms in total. The summed E-state index contributed by atoms with van der Waals surface area (Å²) in [6.45, 7) is 0.0875. The van der Waals surface area contributed by atoms with E-state index in [-0.39, 0.29) is 19.0 Å². The number of hydrogen-bond donors (Lipinski definition) is 2. The minimum absolute atomic E-state index is 0. The number of nitrogens with two attached hydrogens (primary N) is 2. The normalized spacial score (nSPS) is 9.35. The second kappa shape index (κ2) is 7.21. The third-order valence-electron chi connectivity index (χ3n) is 1.88. The summed E-state index contributed by atoms with van der Waals surface area (Å²) >= 11 is 5.96. The molecule has 0 aliphatic heterocycles. The van der Waals surface area contributed by atoms with E-state index in [4.69, 9.17) is 32.5 Å². The maximum atomic E-state index is 10.6. The molecule has 0 fully saturated rings. The van der Waals surface area contributed by atoms with Crippen molar-refractivity contribution in [1.82, 2.24) is 0 Å². The maximum Gasteiger partial charge on any atom is 0.255 e. The Kier molecular flexibility index (Phi) is 6.72. The molecule has 1 amide bonds. The lowest BCUT2D eigenvalue weighted by Gasteiger charge is -2.12. The Morgan fingerprint density at radius 3 is 2.59 bits per heavy atom. The summed E-state index contributed by atoms with van der Waals surface area (Å²) in [7, 11) is 1.48. The fourth-order valence-corrected chi connectivity index (χ4v) is 1.46. The summed E-state index contributed by atoms with van der Waals surface area (Å²) in [6.07, 6.45) is 0. The summed E-state index contributed by atoms with van der Waals surface area (Å²) < 4.78 is 10.2. The molecule has 1 aromatic rings. The largest absolute Gasteiger partial charge is 0.493 e.